The van der Waals surface area contributed by atoms with E-state index in [1.165, 1.54) is 28.4 Å². The highest BCUT2D eigenvalue weighted by atomic mass is 16.3. The molecule has 0 fully saturated rings. The summed E-state index contributed by atoms with van der Waals surface area (Å²) in [5, 5.41) is 10.1. The molecule has 0 radical (unpaired) electrons. The molecule has 0 aromatic rings. The maximum Gasteiger partial charge on any atom is 0.142 e. The van der Waals surface area contributed by atoms with Crippen LogP contribution in [0, 0.1) is 5.41 Å². The van der Waals surface area contributed by atoms with Crippen LogP contribution in [-0.4, -0.2) is 17.5 Å². The molecule has 1 N–H and O–H groups in total. The summed E-state index contributed by atoms with van der Waals surface area (Å²) in [4.78, 5) is 10.3. The van der Waals surface area contributed by atoms with E-state index in [-0.39, 0.29) is 11.5 Å². The average molecular weight is 459 g/mol. The lowest BCUT2D eigenvalue weighted by Crippen LogP contribution is -2.28. The van der Waals surface area contributed by atoms with Gasteiger partial charge in [0.25, 0.3) is 0 Å². The van der Waals surface area contributed by atoms with E-state index < -0.39 is 0 Å². The van der Waals surface area contributed by atoms with E-state index in [1.807, 2.05) is 37.3 Å². The molecule has 0 heterocycles. The SMILES string of the molecule is CC1=C(/C=C/C(C)=C\C=C\C(C)=C\C=C\C=C(C)\C=C\C=C(C)\C=C\C=O)C(C)(C)C[C@H](O)C1. The van der Waals surface area contributed by atoms with Crippen molar-refractivity contribution in [2.45, 2.75) is 67.4 Å². The first-order chi connectivity index (χ1) is 16.0. The third kappa shape index (κ3) is 11.8. The van der Waals surface area contributed by atoms with Gasteiger partial charge in [-0.1, -0.05) is 121 Å². The molecular weight excluding hydrogens is 416 g/mol. The topological polar surface area (TPSA) is 37.3 Å². The predicted octanol–water partition coefficient (Wildman–Crippen LogP) is 8.25. The first-order valence-electron chi connectivity index (χ1n) is 11.9. The molecule has 0 aromatic heterocycles. The van der Waals surface area contributed by atoms with E-state index in [0.717, 1.165) is 30.3 Å². The quantitative estimate of drug-likeness (QED) is 0.203. The average Bonchev–Trinajstić information content (AvgIpc) is 2.74. The Morgan fingerprint density at radius 2 is 1.21 bits per heavy atom. The summed E-state index contributed by atoms with van der Waals surface area (Å²) in [5.41, 5.74) is 7.17. The van der Waals surface area contributed by atoms with Gasteiger partial charge in [-0.3, -0.25) is 4.79 Å². The third-order valence-corrected chi connectivity index (χ3v) is 5.69. The summed E-state index contributed by atoms with van der Waals surface area (Å²) in [6, 6.07) is 0. The van der Waals surface area contributed by atoms with Gasteiger partial charge in [0.15, 0.2) is 0 Å². The van der Waals surface area contributed by atoms with Gasteiger partial charge in [0.1, 0.15) is 6.29 Å². The van der Waals surface area contributed by atoms with Gasteiger partial charge in [0.05, 0.1) is 6.10 Å². The van der Waals surface area contributed by atoms with E-state index in [1.54, 1.807) is 6.08 Å². The maximum atomic E-state index is 10.3. The van der Waals surface area contributed by atoms with Gasteiger partial charge in [-0.15, -0.1) is 0 Å². The molecular formula is C32H42O2. The fourth-order valence-corrected chi connectivity index (χ4v) is 3.93. The number of carbonyl (C=O) groups is 1. The maximum absolute atomic E-state index is 10.3. The molecule has 0 saturated carbocycles. The van der Waals surface area contributed by atoms with E-state index in [2.05, 4.69) is 84.1 Å². The van der Waals surface area contributed by atoms with Gasteiger partial charge in [-0.05, 0) is 64.5 Å². The smallest absolute Gasteiger partial charge is 0.142 e. The summed E-state index contributed by atoms with van der Waals surface area (Å²) in [6.45, 7) is 14.7. The first-order valence-corrected chi connectivity index (χ1v) is 11.9. The van der Waals surface area contributed by atoms with Crippen LogP contribution >= 0.6 is 0 Å². The zero-order chi connectivity index (χ0) is 25.6. The second-order valence-corrected chi connectivity index (χ2v) is 9.71. The summed E-state index contributed by atoms with van der Waals surface area (Å²) >= 11 is 0. The predicted molar refractivity (Wildman–Crippen MR) is 149 cm³/mol. The number of aliphatic hydroxyl groups is 1. The van der Waals surface area contributed by atoms with Crippen molar-refractivity contribution in [3.05, 3.63) is 119 Å². The fraction of sp³-hybridized carbons (Fsp3) is 0.344. The molecule has 0 saturated heterocycles. The van der Waals surface area contributed by atoms with Crippen LogP contribution in [0.15, 0.2) is 119 Å². The Bertz CT molecular complexity index is 996. The largest absolute Gasteiger partial charge is 0.393 e. The van der Waals surface area contributed by atoms with Crippen molar-refractivity contribution in [3.8, 4) is 0 Å². The summed E-state index contributed by atoms with van der Waals surface area (Å²) in [7, 11) is 0. The summed E-state index contributed by atoms with van der Waals surface area (Å²) in [6.07, 6.45) is 30.3. The van der Waals surface area contributed by atoms with E-state index >= 15 is 0 Å². The molecule has 0 bridgehead atoms. The Morgan fingerprint density at radius 1 is 0.765 bits per heavy atom. The van der Waals surface area contributed by atoms with Crippen molar-refractivity contribution >= 4 is 6.29 Å². The second-order valence-electron chi connectivity index (χ2n) is 9.71. The van der Waals surface area contributed by atoms with Crippen LogP contribution in [0.3, 0.4) is 0 Å². The zero-order valence-electron chi connectivity index (χ0n) is 22.0. The van der Waals surface area contributed by atoms with Crippen LogP contribution in [0.1, 0.15) is 61.3 Å². The van der Waals surface area contributed by atoms with Crippen LogP contribution < -0.4 is 0 Å². The Balaban J connectivity index is 2.66. The van der Waals surface area contributed by atoms with Crippen molar-refractivity contribution in [3.63, 3.8) is 0 Å². The van der Waals surface area contributed by atoms with Gasteiger partial charge >= 0.3 is 0 Å². The molecule has 1 aliphatic carbocycles. The van der Waals surface area contributed by atoms with Crippen LogP contribution in [0.4, 0.5) is 0 Å². The standard InChI is InChI=1S/C32H42O2/c1-25(15-10-17-27(3)19-12-22-33)13-8-9-14-26(2)16-11-18-28(4)20-21-31-29(5)23-30(34)24-32(31,6)7/h8-22,30,34H,23-24H2,1-7H3/b9-8+,15-10+,16-11+,19-12+,21-20+,25-13+,26-14+,27-17+,28-18-/t30-/m1/s1. The highest BCUT2D eigenvalue weighted by Gasteiger charge is 2.31. The van der Waals surface area contributed by atoms with Gasteiger partial charge in [-0.25, -0.2) is 0 Å². The Hall–Kier alpha value is -2.97. The van der Waals surface area contributed by atoms with Crippen LogP contribution in [-0.2, 0) is 4.79 Å². The lowest BCUT2D eigenvalue weighted by Gasteiger charge is -2.35. The molecule has 2 heteroatoms. The molecule has 1 aliphatic rings. The second kappa shape index (κ2) is 15.0. The number of rotatable bonds is 10. The van der Waals surface area contributed by atoms with Gasteiger partial charge in [0, 0.05) is 0 Å². The molecule has 0 unspecified atom stereocenters. The molecule has 182 valence electrons. The third-order valence-electron chi connectivity index (χ3n) is 5.69. The van der Waals surface area contributed by atoms with E-state index in [0.29, 0.717) is 0 Å². The fourth-order valence-electron chi connectivity index (χ4n) is 3.93. The highest BCUT2D eigenvalue weighted by Crippen LogP contribution is 2.41. The van der Waals surface area contributed by atoms with Crippen molar-refractivity contribution < 1.29 is 9.90 Å². The van der Waals surface area contributed by atoms with Crippen molar-refractivity contribution in [1.82, 2.24) is 0 Å². The molecule has 0 amide bonds. The molecule has 0 aliphatic heterocycles. The number of carbonyl (C=O) groups excluding carboxylic acids is 1. The molecule has 1 atom stereocenters. The number of hydrogen-bond acceptors (Lipinski definition) is 2. The number of aldehydes is 1. The number of aliphatic hydroxyl groups excluding tert-OH is 1. The monoisotopic (exact) mass is 458 g/mol. The van der Waals surface area contributed by atoms with Crippen LogP contribution in [0.2, 0.25) is 0 Å². The lowest BCUT2D eigenvalue weighted by atomic mass is 9.71. The lowest BCUT2D eigenvalue weighted by molar-refractivity contribution is -0.104. The van der Waals surface area contributed by atoms with Crippen LogP contribution in [0.5, 0.6) is 0 Å². The van der Waals surface area contributed by atoms with Gasteiger partial charge in [0.2, 0.25) is 0 Å². The normalized spacial score (nSPS) is 21.4. The van der Waals surface area contributed by atoms with Crippen molar-refractivity contribution in [2.24, 2.45) is 5.41 Å². The van der Waals surface area contributed by atoms with Crippen LogP contribution in [0.25, 0.3) is 0 Å². The zero-order valence-corrected chi connectivity index (χ0v) is 22.0. The summed E-state index contributed by atoms with van der Waals surface area (Å²) in [5.74, 6) is 0. The van der Waals surface area contributed by atoms with E-state index in [4.69, 9.17) is 0 Å². The minimum absolute atomic E-state index is 0.00663. The molecule has 34 heavy (non-hydrogen) atoms. The molecule has 0 spiro atoms. The molecule has 1 rings (SSSR count). The minimum Gasteiger partial charge on any atom is -0.393 e. The van der Waals surface area contributed by atoms with Crippen molar-refractivity contribution in [1.29, 1.82) is 0 Å². The van der Waals surface area contributed by atoms with Gasteiger partial charge in [-0.2, -0.15) is 0 Å². The first kappa shape index (κ1) is 29.1. The number of hydrogen-bond donors (Lipinski definition) is 1. The van der Waals surface area contributed by atoms with Gasteiger partial charge < -0.3 is 5.11 Å². The molecule has 0 aromatic carbocycles. The Morgan fingerprint density at radius 3 is 1.68 bits per heavy atom. The Labute approximate surface area is 207 Å². The van der Waals surface area contributed by atoms with E-state index in [9.17, 15) is 9.90 Å². The Kier molecular flexibility index (Phi) is 12.8. The summed E-state index contributed by atoms with van der Waals surface area (Å²) < 4.78 is 0. The number of allylic oxidation sites excluding steroid dienone is 19. The van der Waals surface area contributed by atoms with Crippen molar-refractivity contribution in [2.75, 3.05) is 0 Å². The molecule has 2 nitrogen and oxygen atoms in total. The highest BCUT2D eigenvalue weighted by molar-refractivity contribution is 5.65. The minimum atomic E-state index is -0.226.